The van der Waals surface area contributed by atoms with E-state index in [1.165, 1.54) is 22.5 Å². The van der Waals surface area contributed by atoms with Gasteiger partial charge in [0, 0.05) is 25.0 Å². The molecule has 1 aromatic carbocycles. The SMILES string of the molecule is NCc1nc(C(=O)N2CC=C(c3ccccc3)CC2)cs1. The maximum absolute atomic E-state index is 12.4. The van der Waals surface area contributed by atoms with Gasteiger partial charge in [-0.15, -0.1) is 11.3 Å². The van der Waals surface area contributed by atoms with E-state index >= 15 is 0 Å². The van der Waals surface area contributed by atoms with Gasteiger partial charge in [0.1, 0.15) is 10.7 Å². The molecule has 0 radical (unpaired) electrons. The number of hydrogen-bond donors (Lipinski definition) is 1. The van der Waals surface area contributed by atoms with Crippen LogP contribution in [-0.2, 0) is 6.54 Å². The molecule has 1 aromatic heterocycles. The van der Waals surface area contributed by atoms with Gasteiger partial charge in [0.25, 0.3) is 5.91 Å². The molecule has 0 bridgehead atoms. The molecule has 0 saturated carbocycles. The average Bonchev–Trinajstić information content (AvgIpc) is 3.04. The summed E-state index contributed by atoms with van der Waals surface area (Å²) in [5.41, 5.74) is 8.59. The molecule has 0 saturated heterocycles. The van der Waals surface area contributed by atoms with Crippen LogP contribution in [0.2, 0.25) is 0 Å². The quantitative estimate of drug-likeness (QED) is 0.947. The predicted octanol–water partition coefficient (Wildman–Crippen LogP) is 2.53. The summed E-state index contributed by atoms with van der Waals surface area (Å²) in [6.07, 6.45) is 3.01. The van der Waals surface area contributed by atoms with Gasteiger partial charge < -0.3 is 10.6 Å². The van der Waals surface area contributed by atoms with Crippen molar-refractivity contribution in [3.05, 3.63) is 58.1 Å². The standard InChI is InChI=1S/C16H17N3OS/c17-10-15-18-14(11-21-15)16(20)19-8-6-13(7-9-19)12-4-2-1-3-5-12/h1-6,11H,7-10,17H2. The summed E-state index contributed by atoms with van der Waals surface area (Å²) in [4.78, 5) is 18.5. The minimum atomic E-state index is -0.00527. The van der Waals surface area contributed by atoms with Crippen LogP contribution in [0.1, 0.15) is 27.5 Å². The highest BCUT2D eigenvalue weighted by Crippen LogP contribution is 2.23. The lowest BCUT2D eigenvalue weighted by atomic mass is 9.99. The van der Waals surface area contributed by atoms with Crippen molar-refractivity contribution in [2.45, 2.75) is 13.0 Å². The number of amides is 1. The molecular formula is C16H17N3OS. The minimum Gasteiger partial charge on any atom is -0.333 e. The number of carbonyl (C=O) groups excluding carboxylic acids is 1. The second-order valence-corrected chi connectivity index (χ2v) is 5.87. The van der Waals surface area contributed by atoms with Crippen molar-refractivity contribution >= 4 is 22.8 Å². The van der Waals surface area contributed by atoms with Crippen molar-refractivity contribution in [2.24, 2.45) is 5.73 Å². The highest BCUT2D eigenvalue weighted by atomic mass is 32.1. The number of thiazole rings is 1. The fourth-order valence-corrected chi connectivity index (χ4v) is 3.08. The smallest absolute Gasteiger partial charge is 0.273 e. The van der Waals surface area contributed by atoms with E-state index in [0.29, 0.717) is 18.8 Å². The first-order valence-corrected chi connectivity index (χ1v) is 7.84. The van der Waals surface area contributed by atoms with Gasteiger partial charge in [-0.05, 0) is 17.6 Å². The molecule has 0 unspecified atom stereocenters. The summed E-state index contributed by atoms with van der Waals surface area (Å²) in [7, 11) is 0. The zero-order valence-corrected chi connectivity index (χ0v) is 12.5. The Morgan fingerprint density at radius 2 is 2.14 bits per heavy atom. The highest BCUT2D eigenvalue weighted by molar-refractivity contribution is 7.09. The third-order valence-electron chi connectivity index (χ3n) is 3.59. The summed E-state index contributed by atoms with van der Waals surface area (Å²) in [5, 5.41) is 2.59. The Morgan fingerprint density at radius 3 is 2.76 bits per heavy atom. The summed E-state index contributed by atoms with van der Waals surface area (Å²) < 4.78 is 0. The molecule has 3 rings (SSSR count). The molecule has 2 N–H and O–H groups in total. The maximum Gasteiger partial charge on any atom is 0.273 e. The summed E-state index contributed by atoms with van der Waals surface area (Å²) in [5.74, 6) is -0.00527. The second kappa shape index (κ2) is 6.20. The van der Waals surface area contributed by atoms with Crippen LogP contribution in [0.5, 0.6) is 0 Å². The first-order valence-electron chi connectivity index (χ1n) is 6.96. The Bertz CT molecular complexity index is 663. The number of aromatic nitrogens is 1. The lowest BCUT2D eigenvalue weighted by Crippen LogP contribution is -2.34. The van der Waals surface area contributed by atoms with Gasteiger partial charge in [0.2, 0.25) is 0 Å². The fourth-order valence-electron chi connectivity index (χ4n) is 2.43. The third-order valence-corrected chi connectivity index (χ3v) is 4.46. The molecular weight excluding hydrogens is 282 g/mol. The Balaban J connectivity index is 1.70. The lowest BCUT2D eigenvalue weighted by Gasteiger charge is -2.26. The molecule has 21 heavy (non-hydrogen) atoms. The van der Waals surface area contributed by atoms with Gasteiger partial charge in [-0.3, -0.25) is 4.79 Å². The molecule has 4 nitrogen and oxygen atoms in total. The van der Waals surface area contributed by atoms with Crippen molar-refractivity contribution in [2.75, 3.05) is 13.1 Å². The molecule has 108 valence electrons. The second-order valence-electron chi connectivity index (χ2n) is 4.93. The van der Waals surface area contributed by atoms with Gasteiger partial charge in [-0.25, -0.2) is 4.98 Å². The van der Waals surface area contributed by atoms with Crippen molar-refractivity contribution in [3.8, 4) is 0 Å². The van der Waals surface area contributed by atoms with E-state index in [2.05, 4.69) is 23.2 Å². The molecule has 2 aromatic rings. The van der Waals surface area contributed by atoms with Gasteiger partial charge in [-0.2, -0.15) is 0 Å². The first-order chi connectivity index (χ1) is 10.3. The van der Waals surface area contributed by atoms with Crippen LogP contribution in [0.25, 0.3) is 5.57 Å². The summed E-state index contributed by atoms with van der Waals surface area (Å²) in [6.45, 7) is 1.75. The number of hydrogen-bond acceptors (Lipinski definition) is 4. The summed E-state index contributed by atoms with van der Waals surface area (Å²) >= 11 is 1.44. The molecule has 1 aliphatic heterocycles. The van der Waals surface area contributed by atoms with E-state index < -0.39 is 0 Å². The van der Waals surface area contributed by atoms with Crippen LogP contribution in [0.15, 0.2) is 41.8 Å². The molecule has 0 fully saturated rings. The Kier molecular flexibility index (Phi) is 4.13. The van der Waals surface area contributed by atoms with E-state index in [1.54, 1.807) is 5.38 Å². The van der Waals surface area contributed by atoms with E-state index in [0.717, 1.165) is 18.0 Å². The van der Waals surface area contributed by atoms with Gasteiger partial charge in [0.15, 0.2) is 0 Å². The molecule has 0 aliphatic carbocycles. The average molecular weight is 299 g/mol. The largest absolute Gasteiger partial charge is 0.333 e. The predicted molar refractivity (Wildman–Crippen MR) is 84.9 cm³/mol. The topological polar surface area (TPSA) is 59.2 Å². The third kappa shape index (κ3) is 3.04. The van der Waals surface area contributed by atoms with Gasteiger partial charge in [0.05, 0.1) is 0 Å². The van der Waals surface area contributed by atoms with Gasteiger partial charge >= 0.3 is 0 Å². The maximum atomic E-state index is 12.4. The molecule has 0 atom stereocenters. The number of benzene rings is 1. The van der Waals surface area contributed by atoms with Crippen LogP contribution in [-0.4, -0.2) is 28.9 Å². The van der Waals surface area contributed by atoms with Crippen LogP contribution >= 0.6 is 11.3 Å². The normalized spacial score (nSPS) is 14.9. The van der Waals surface area contributed by atoms with Crippen LogP contribution in [0, 0.1) is 0 Å². The molecule has 1 amide bonds. The van der Waals surface area contributed by atoms with Crippen molar-refractivity contribution in [1.82, 2.24) is 9.88 Å². The number of nitrogens with zero attached hydrogens (tertiary/aromatic N) is 2. The van der Waals surface area contributed by atoms with Crippen LogP contribution in [0.4, 0.5) is 0 Å². The van der Waals surface area contributed by atoms with Crippen molar-refractivity contribution in [1.29, 1.82) is 0 Å². The van der Waals surface area contributed by atoms with E-state index in [1.807, 2.05) is 23.1 Å². The van der Waals surface area contributed by atoms with E-state index in [-0.39, 0.29) is 5.91 Å². The lowest BCUT2D eigenvalue weighted by molar-refractivity contribution is 0.0767. The van der Waals surface area contributed by atoms with Crippen LogP contribution < -0.4 is 5.73 Å². The Labute approximate surface area is 127 Å². The zero-order chi connectivity index (χ0) is 14.7. The highest BCUT2D eigenvalue weighted by Gasteiger charge is 2.21. The molecule has 2 heterocycles. The number of carbonyl (C=O) groups is 1. The Hall–Kier alpha value is -1.98. The van der Waals surface area contributed by atoms with Crippen LogP contribution in [0.3, 0.4) is 0 Å². The van der Waals surface area contributed by atoms with Crippen molar-refractivity contribution < 1.29 is 4.79 Å². The minimum absolute atomic E-state index is 0.00527. The van der Waals surface area contributed by atoms with E-state index in [9.17, 15) is 4.79 Å². The van der Waals surface area contributed by atoms with E-state index in [4.69, 9.17) is 5.73 Å². The molecule has 5 heteroatoms. The zero-order valence-electron chi connectivity index (χ0n) is 11.7. The fraction of sp³-hybridized carbons (Fsp3) is 0.250. The number of nitrogens with two attached hydrogens (primary N) is 1. The van der Waals surface area contributed by atoms with Crippen molar-refractivity contribution in [3.63, 3.8) is 0 Å². The molecule has 1 aliphatic rings. The Morgan fingerprint density at radius 1 is 1.33 bits per heavy atom. The molecule has 0 spiro atoms. The number of rotatable bonds is 3. The van der Waals surface area contributed by atoms with Gasteiger partial charge in [-0.1, -0.05) is 36.4 Å². The monoisotopic (exact) mass is 299 g/mol. The first kappa shape index (κ1) is 14.0. The summed E-state index contributed by atoms with van der Waals surface area (Å²) in [6, 6.07) is 10.3.